The van der Waals surface area contributed by atoms with E-state index in [0.29, 0.717) is 0 Å². The molecule has 0 aliphatic rings. The van der Waals surface area contributed by atoms with Crippen LogP contribution in [0.4, 0.5) is 5.69 Å². The van der Waals surface area contributed by atoms with Crippen LogP contribution in [0.5, 0.6) is 0 Å². The van der Waals surface area contributed by atoms with Crippen molar-refractivity contribution in [2.45, 2.75) is 13.8 Å². The second kappa shape index (κ2) is 11.0. The molecule has 0 aliphatic carbocycles. The summed E-state index contributed by atoms with van der Waals surface area (Å²) in [6.45, 7) is 4.50. The van der Waals surface area contributed by atoms with Gasteiger partial charge in [-0.25, -0.2) is 0 Å². The second-order valence-corrected chi connectivity index (χ2v) is 12.9. The molecule has 1 nitrogen and oxygen atoms in total. The minimum atomic E-state index is -0.847. The van der Waals surface area contributed by atoms with Gasteiger partial charge in [0.1, 0.15) is 0 Å². The molecule has 0 unspecified atom stereocenters. The first-order chi connectivity index (χ1) is 17.2. The average molecular weight is 490 g/mol. The van der Waals surface area contributed by atoms with Gasteiger partial charge in [-0.3, -0.25) is 0 Å². The molecule has 0 fully saturated rings. The molecule has 0 heterocycles. The van der Waals surface area contributed by atoms with Gasteiger partial charge in [-0.1, -0.05) is 140 Å². The van der Waals surface area contributed by atoms with Gasteiger partial charge in [0, 0.05) is 21.2 Å². The van der Waals surface area contributed by atoms with Crippen molar-refractivity contribution in [1.29, 1.82) is 0 Å². The van der Waals surface area contributed by atoms with Gasteiger partial charge in [0.15, 0.2) is 0 Å². The van der Waals surface area contributed by atoms with E-state index in [4.69, 9.17) is 0 Å². The zero-order valence-electron chi connectivity index (χ0n) is 20.1. The van der Waals surface area contributed by atoms with Crippen molar-refractivity contribution >= 4 is 43.1 Å². The van der Waals surface area contributed by atoms with E-state index in [1.807, 2.05) is 0 Å². The zero-order chi connectivity index (χ0) is 24.0. The van der Waals surface area contributed by atoms with Crippen molar-refractivity contribution < 1.29 is 0 Å². The van der Waals surface area contributed by atoms with E-state index in [2.05, 4.69) is 158 Å². The van der Waals surface area contributed by atoms with Crippen molar-refractivity contribution in [3.63, 3.8) is 0 Å². The predicted molar refractivity (Wildman–Crippen MR) is 157 cm³/mol. The lowest BCUT2D eigenvalue weighted by Gasteiger charge is -2.42. The van der Waals surface area contributed by atoms with Crippen LogP contribution in [0.3, 0.4) is 0 Å². The third-order valence-corrected chi connectivity index (χ3v) is 11.4. The SMILES string of the molecule is Cc1cccc(C)c1N(P(c1ccccc1)c1ccccc1)P(c1ccccc1)c1ccccc1. The van der Waals surface area contributed by atoms with E-state index >= 15 is 0 Å². The Morgan fingerprint density at radius 1 is 0.371 bits per heavy atom. The van der Waals surface area contributed by atoms with E-state index in [9.17, 15) is 0 Å². The first kappa shape index (κ1) is 23.5. The van der Waals surface area contributed by atoms with Crippen LogP contribution < -0.4 is 25.7 Å². The Bertz CT molecular complexity index is 1170. The molecule has 0 amide bonds. The standard InChI is InChI=1S/C32H29NP2/c1-26-16-15-17-27(2)32(26)33(34(28-18-7-3-8-19-28)29-20-9-4-10-21-29)35(30-22-11-5-12-23-30)31-24-13-6-14-25-31/h3-25H,1-2H3. The summed E-state index contributed by atoms with van der Waals surface area (Å²) in [4.78, 5) is 0. The fourth-order valence-electron chi connectivity index (χ4n) is 4.42. The minimum absolute atomic E-state index is 0.847. The van der Waals surface area contributed by atoms with Crippen LogP contribution in [0.15, 0.2) is 140 Å². The molecule has 0 bridgehead atoms. The van der Waals surface area contributed by atoms with Crippen molar-refractivity contribution in [3.8, 4) is 0 Å². The van der Waals surface area contributed by atoms with Gasteiger partial charge < -0.3 is 4.44 Å². The summed E-state index contributed by atoms with van der Waals surface area (Å²) in [6, 6.07) is 50.9. The van der Waals surface area contributed by atoms with Crippen molar-refractivity contribution in [1.82, 2.24) is 0 Å². The number of rotatable bonds is 7. The van der Waals surface area contributed by atoms with E-state index in [1.54, 1.807) is 0 Å². The Kier molecular flexibility index (Phi) is 7.39. The molecule has 0 aromatic heterocycles. The molecule has 172 valence electrons. The monoisotopic (exact) mass is 489 g/mol. The molecular weight excluding hydrogens is 460 g/mol. The number of aryl methyl sites for hydroxylation is 2. The normalized spacial score (nSPS) is 11.1. The maximum Gasteiger partial charge on any atom is 0.0590 e. The molecule has 3 heteroatoms. The van der Waals surface area contributed by atoms with Crippen molar-refractivity contribution in [3.05, 3.63) is 151 Å². The first-order valence-corrected chi connectivity index (χ1v) is 14.5. The quantitative estimate of drug-likeness (QED) is 0.219. The Morgan fingerprint density at radius 2 is 0.657 bits per heavy atom. The summed E-state index contributed by atoms with van der Waals surface area (Å²) in [5.74, 6) is 0. The molecule has 0 N–H and O–H groups in total. The summed E-state index contributed by atoms with van der Waals surface area (Å²) in [6.07, 6.45) is 0. The van der Waals surface area contributed by atoms with Crippen LogP contribution in [0.1, 0.15) is 11.1 Å². The number of benzene rings is 5. The smallest absolute Gasteiger partial charge is 0.0590 e. The number of anilines is 1. The Morgan fingerprint density at radius 3 is 0.943 bits per heavy atom. The Labute approximate surface area is 211 Å². The summed E-state index contributed by atoms with van der Waals surface area (Å²) in [5, 5.41) is 5.43. The summed E-state index contributed by atoms with van der Waals surface area (Å²) in [5.41, 5.74) is 3.96. The van der Waals surface area contributed by atoms with Crippen molar-refractivity contribution in [2.24, 2.45) is 0 Å². The highest BCUT2D eigenvalue weighted by Crippen LogP contribution is 2.58. The molecule has 0 saturated heterocycles. The molecule has 5 aromatic carbocycles. The number of para-hydroxylation sites is 1. The Hall–Kier alpha value is -3.24. The highest BCUT2D eigenvalue weighted by Gasteiger charge is 2.33. The second-order valence-electron chi connectivity index (χ2n) is 8.50. The fourth-order valence-corrected chi connectivity index (χ4v) is 10.7. The molecule has 0 atom stereocenters. The van der Waals surface area contributed by atoms with E-state index in [-0.39, 0.29) is 0 Å². The third kappa shape index (κ3) is 5.08. The summed E-state index contributed by atoms with van der Waals surface area (Å²) < 4.78 is 2.77. The molecular formula is C32H29NP2. The van der Waals surface area contributed by atoms with Gasteiger partial charge in [-0.15, -0.1) is 0 Å². The molecule has 0 radical (unpaired) electrons. The maximum absolute atomic E-state index is 2.77. The van der Waals surface area contributed by atoms with E-state index < -0.39 is 16.1 Å². The van der Waals surface area contributed by atoms with Crippen LogP contribution >= 0.6 is 16.1 Å². The van der Waals surface area contributed by atoms with Crippen molar-refractivity contribution in [2.75, 3.05) is 4.44 Å². The number of hydrogen-bond acceptors (Lipinski definition) is 1. The lowest BCUT2D eigenvalue weighted by molar-refractivity contribution is 1.35. The van der Waals surface area contributed by atoms with E-state index in [1.165, 1.54) is 38.0 Å². The van der Waals surface area contributed by atoms with Crippen LogP contribution in [-0.2, 0) is 0 Å². The summed E-state index contributed by atoms with van der Waals surface area (Å²) in [7, 11) is -1.69. The third-order valence-electron chi connectivity index (χ3n) is 6.02. The molecule has 0 spiro atoms. The van der Waals surface area contributed by atoms with Crippen LogP contribution in [0.25, 0.3) is 0 Å². The number of hydrogen-bond donors (Lipinski definition) is 0. The van der Waals surface area contributed by atoms with Gasteiger partial charge in [-0.2, -0.15) is 0 Å². The zero-order valence-corrected chi connectivity index (χ0v) is 21.9. The average Bonchev–Trinajstić information content (AvgIpc) is 2.91. The molecule has 0 aliphatic heterocycles. The molecule has 0 saturated carbocycles. The molecule has 5 aromatic rings. The van der Waals surface area contributed by atoms with Crippen LogP contribution in [0.2, 0.25) is 0 Å². The largest absolute Gasteiger partial charge is 0.312 e. The molecule has 35 heavy (non-hydrogen) atoms. The van der Waals surface area contributed by atoms with Gasteiger partial charge in [-0.05, 0) is 25.0 Å². The first-order valence-electron chi connectivity index (χ1n) is 11.9. The number of nitrogens with zero attached hydrogens (tertiary/aromatic N) is 1. The lowest BCUT2D eigenvalue weighted by atomic mass is 10.1. The minimum Gasteiger partial charge on any atom is -0.312 e. The Balaban J connectivity index is 1.85. The van der Waals surface area contributed by atoms with Crippen LogP contribution in [-0.4, -0.2) is 0 Å². The summed E-state index contributed by atoms with van der Waals surface area (Å²) >= 11 is 0. The predicted octanol–water partition coefficient (Wildman–Crippen LogP) is 7.21. The van der Waals surface area contributed by atoms with E-state index in [0.717, 1.165) is 0 Å². The van der Waals surface area contributed by atoms with Gasteiger partial charge >= 0.3 is 0 Å². The van der Waals surface area contributed by atoms with Gasteiger partial charge in [0.25, 0.3) is 0 Å². The molecule has 5 rings (SSSR count). The lowest BCUT2D eigenvalue weighted by Crippen LogP contribution is -2.32. The topological polar surface area (TPSA) is 3.24 Å². The van der Waals surface area contributed by atoms with Crippen LogP contribution in [0, 0.1) is 13.8 Å². The maximum atomic E-state index is 2.77. The highest BCUT2D eigenvalue weighted by atomic mass is 31.2. The fraction of sp³-hybridized carbons (Fsp3) is 0.0625. The van der Waals surface area contributed by atoms with Gasteiger partial charge in [0.05, 0.1) is 21.8 Å². The highest BCUT2D eigenvalue weighted by molar-refractivity contribution is 7.90. The van der Waals surface area contributed by atoms with Gasteiger partial charge in [0.2, 0.25) is 0 Å².